The van der Waals surface area contributed by atoms with Crippen molar-refractivity contribution in [2.24, 2.45) is 0 Å². The Morgan fingerprint density at radius 3 is 2.47 bits per heavy atom. The second kappa shape index (κ2) is 5.58. The van der Waals surface area contributed by atoms with Crippen molar-refractivity contribution in [1.82, 2.24) is 4.98 Å². The van der Waals surface area contributed by atoms with E-state index in [-0.39, 0.29) is 0 Å². The summed E-state index contributed by atoms with van der Waals surface area (Å²) in [5.41, 5.74) is 1.95. The summed E-state index contributed by atoms with van der Waals surface area (Å²) in [6.07, 6.45) is 1.68. The van der Waals surface area contributed by atoms with Crippen LogP contribution < -0.4 is 5.32 Å². The van der Waals surface area contributed by atoms with Crippen LogP contribution in [-0.4, -0.2) is 4.98 Å². The monoisotopic (exact) mass is 286 g/mol. The molecular weight excluding hydrogens is 279 g/mol. The lowest BCUT2D eigenvalue weighted by molar-refractivity contribution is 1.14. The first-order chi connectivity index (χ1) is 8.15. The molecule has 0 unspecified atom stereocenters. The van der Waals surface area contributed by atoms with Gasteiger partial charge in [0.1, 0.15) is 5.15 Å². The maximum Gasteiger partial charge on any atom is 0.129 e. The molecule has 1 aromatic heterocycles. The van der Waals surface area contributed by atoms with Crippen molar-refractivity contribution in [1.29, 1.82) is 0 Å². The highest BCUT2D eigenvalue weighted by molar-refractivity contribution is 6.42. The van der Waals surface area contributed by atoms with E-state index in [1.807, 2.05) is 18.2 Å². The molecule has 2 rings (SSSR count). The van der Waals surface area contributed by atoms with Crippen LogP contribution in [0.2, 0.25) is 15.2 Å². The molecule has 1 heterocycles. The zero-order valence-corrected chi connectivity index (χ0v) is 11.0. The van der Waals surface area contributed by atoms with Gasteiger partial charge in [-0.3, -0.25) is 0 Å². The highest BCUT2D eigenvalue weighted by atomic mass is 35.5. The average Bonchev–Trinajstić information content (AvgIpc) is 2.33. The third kappa shape index (κ3) is 3.50. The Bertz CT molecular complexity index is 512. The molecule has 88 valence electrons. The molecule has 0 amide bonds. The Hall–Kier alpha value is -0.960. The number of anilines is 1. The molecule has 2 aromatic rings. The summed E-state index contributed by atoms with van der Waals surface area (Å²) < 4.78 is 0. The normalized spacial score (nSPS) is 10.3. The van der Waals surface area contributed by atoms with Gasteiger partial charge in [-0.1, -0.05) is 40.9 Å². The lowest BCUT2D eigenvalue weighted by atomic mass is 10.2. The van der Waals surface area contributed by atoms with Gasteiger partial charge in [-0.15, -0.1) is 0 Å². The number of benzene rings is 1. The van der Waals surface area contributed by atoms with E-state index in [9.17, 15) is 0 Å². The largest absolute Gasteiger partial charge is 0.380 e. The SMILES string of the molecule is Clc1ccc(NCc2ccc(Cl)c(Cl)c2)cn1. The standard InChI is InChI=1S/C12H9Cl3N2/c13-10-3-1-8(5-11(10)14)6-16-9-2-4-12(15)17-7-9/h1-5,7,16H,6H2. The Balaban J connectivity index is 2.02. The van der Waals surface area contributed by atoms with Crippen molar-refractivity contribution in [2.45, 2.75) is 6.54 Å². The van der Waals surface area contributed by atoms with Gasteiger partial charge >= 0.3 is 0 Å². The minimum absolute atomic E-state index is 0.477. The third-order valence-electron chi connectivity index (χ3n) is 2.21. The van der Waals surface area contributed by atoms with Gasteiger partial charge in [-0.2, -0.15) is 0 Å². The molecule has 0 aliphatic rings. The Kier molecular flexibility index (Phi) is 4.11. The highest BCUT2D eigenvalue weighted by Crippen LogP contribution is 2.23. The van der Waals surface area contributed by atoms with Crippen LogP contribution in [0.4, 0.5) is 5.69 Å². The van der Waals surface area contributed by atoms with Crippen molar-refractivity contribution < 1.29 is 0 Å². The van der Waals surface area contributed by atoms with Gasteiger partial charge < -0.3 is 5.32 Å². The summed E-state index contributed by atoms with van der Waals surface area (Å²) in [6.45, 7) is 0.653. The van der Waals surface area contributed by atoms with E-state index in [1.54, 1.807) is 18.3 Å². The van der Waals surface area contributed by atoms with Gasteiger partial charge in [-0.25, -0.2) is 4.98 Å². The number of hydrogen-bond acceptors (Lipinski definition) is 2. The molecule has 17 heavy (non-hydrogen) atoms. The predicted molar refractivity (Wildman–Crippen MR) is 73.0 cm³/mol. The topological polar surface area (TPSA) is 24.9 Å². The molecular formula is C12H9Cl3N2. The van der Waals surface area contributed by atoms with E-state index in [1.165, 1.54) is 0 Å². The van der Waals surface area contributed by atoms with Crippen LogP contribution in [0.1, 0.15) is 5.56 Å². The second-order valence-corrected chi connectivity index (χ2v) is 4.67. The number of nitrogens with one attached hydrogen (secondary N) is 1. The van der Waals surface area contributed by atoms with Crippen LogP contribution in [-0.2, 0) is 6.54 Å². The minimum atomic E-state index is 0.477. The first kappa shape index (κ1) is 12.5. The molecule has 2 nitrogen and oxygen atoms in total. The number of aromatic nitrogens is 1. The number of hydrogen-bond donors (Lipinski definition) is 1. The molecule has 0 aliphatic carbocycles. The van der Waals surface area contributed by atoms with Gasteiger partial charge in [0, 0.05) is 6.54 Å². The quantitative estimate of drug-likeness (QED) is 0.831. The summed E-state index contributed by atoms with van der Waals surface area (Å²) in [7, 11) is 0. The summed E-state index contributed by atoms with van der Waals surface area (Å²) in [6, 6.07) is 9.14. The van der Waals surface area contributed by atoms with E-state index in [0.717, 1.165) is 11.3 Å². The second-order valence-electron chi connectivity index (χ2n) is 3.47. The molecule has 1 aromatic carbocycles. The average molecular weight is 288 g/mol. The zero-order valence-electron chi connectivity index (χ0n) is 8.75. The van der Waals surface area contributed by atoms with E-state index < -0.39 is 0 Å². The van der Waals surface area contributed by atoms with E-state index >= 15 is 0 Å². The van der Waals surface area contributed by atoms with Gasteiger partial charge in [0.05, 0.1) is 21.9 Å². The highest BCUT2D eigenvalue weighted by Gasteiger charge is 2.00. The van der Waals surface area contributed by atoms with Crippen LogP contribution in [0.25, 0.3) is 0 Å². The van der Waals surface area contributed by atoms with Crippen molar-refractivity contribution in [3.05, 3.63) is 57.3 Å². The van der Waals surface area contributed by atoms with E-state index in [4.69, 9.17) is 34.8 Å². The molecule has 0 fully saturated rings. The fourth-order valence-corrected chi connectivity index (χ4v) is 1.77. The lowest BCUT2D eigenvalue weighted by Gasteiger charge is -2.07. The van der Waals surface area contributed by atoms with Gasteiger partial charge in [0.2, 0.25) is 0 Å². The number of halogens is 3. The first-order valence-electron chi connectivity index (χ1n) is 4.94. The van der Waals surface area contributed by atoms with Gasteiger partial charge in [0.25, 0.3) is 0 Å². The maximum atomic E-state index is 5.93. The first-order valence-corrected chi connectivity index (χ1v) is 6.08. The molecule has 0 aliphatic heterocycles. The van der Waals surface area contributed by atoms with Gasteiger partial charge in [-0.05, 0) is 29.8 Å². The van der Waals surface area contributed by atoms with Gasteiger partial charge in [0.15, 0.2) is 0 Å². The zero-order chi connectivity index (χ0) is 12.3. The third-order valence-corrected chi connectivity index (χ3v) is 3.17. The smallest absolute Gasteiger partial charge is 0.129 e. The van der Waals surface area contributed by atoms with Crippen LogP contribution in [0.5, 0.6) is 0 Å². The molecule has 0 bridgehead atoms. The van der Waals surface area contributed by atoms with Crippen molar-refractivity contribution in [3.8, 4) is 0 Å². The van der Waals surface area contributed by atoms with Crippen molar-refractivity contribution in [2.75, 3.05) is 5.32 Å². The summed E-state index contributed by atoms with van der Waals surface area (Å²) in [5.74, 6) is 0. The summed E-state index contributed by atoms with van der Waals surface area (Å²) in [4.78, 5) is 3.98. The van der Waals surface area contributed by atoms with Crippen LogP contribution in [0, 0.1) is 0 Å². The molecule has 0 saturated carbocycles. The molecule has 0 atom stereocenters. The van der Waals surface area contributed by atoms with Crippen molar-refractivity contribution in [3.63, 3.8) is 0 Å². The van der Waals surface area contributed by atoms with Crippen LogP contribution in [0.15, 0.2) is 36.5 Å². The van der Waals surface area contributed by atoms with Crippen LogP contribution >= 0.6 is 34.8 Å². The Morgan fingerprint density at radius 1 is 1.00 bits per heavy atom. The Morgan fingerprint density at radius 2 is 1.82 bits per heavy atom. The molecule has 0 saturated heterocycles. The van der Waals surface area contributed by atoms with Crippen LogP contribution in [0.3, 0.4) is 0 Å². The van der Waals surface area contributed by atoms with E-state index in [0.29, 0.717) is 21.7 Å². The summed E-state index contributed by atoms with van der Waals surface area (Å²) >= 11 is 17.5. The lowest BCUT2D eigenvalue weighted by Crippen LogP contribution is -1.99. The fourth-order valence-electron chi connectivity index (χ4n) is 1.33. The van der Waals surface area contributed by atoms with E-state index in [2.05, 4.69) is 10.3 Å². The number of rotatable bonds is 3. The minimum Gasteiger partial charge on any atom is -0.380 e. The molecule has 5 heteroatoms. The molecule has 0 spiro atoms. The molecule has 0 radical (unpaired) electrons. The number of nitrogens with zero attached hydrogens (tertiary/aromatic N) is 1. The number of pyridine rings is 1. The fraction of sp³-hybridized carbons (Fsp3) is 0.0833. The maximum absolute atomic E-state index is 5.93. The predicted octanol–water partition coefficient (Wildman–Crippen LogP) is 4.65. The van der Waals surface area contributed by atoms with Crippen molar-refractivity contribution >= 4 is 40.5 Å². The Labute approximate surface area is 115 Å². The summed E-state index contributed by atoms with van der Waals surface area (Å²) in [5, 5.41) is 4.80. The molecule has 1 N–H and O–H groups in total.